The summed E-state index contributed by atoms with van der Waals surface area (Å²) in [5.74, 6) is 0. The highest BCUT2D eigenvalue weighted by molar-refractivity contribution is 4.66. The van der Waals surface area contributed by atoms with Crippen LogP contribution in [-0.2, 0) is 0 Å². The van der Waals surface area contributed by atoms with Crippen LogP contribution in [0.1, 0.15) is 33.1 Å². The topological polar surface area (TPSA) is 15.3 Å². The molecule has 0 amide bonds. The molecule has 2 nitrogen and oxygen atoms in total. The van der Waals surface area contributed by atoms with Crippen LogP contribution in [0, 0.1) is 0 Å². The number of hydrogen-bond acceptors (Lipinski definition) is 2. The highest BCUT2D eigenvalue weighted by Crippen LogP contribution is 2.15. The molecule has 0 rings (SSSR count). The summed E-state index contributed by atoms with van der Waals surface area (Å²) in [6.45, 7) is 4.73. The second-order valence-electron chi connectivity index (χ2n) is 4.16. The minimum Gasteiger partial charge on any atom is -0.314 e. The first-order valence-corrected chi connectivity index (χ1v) is 5.87. The fourth-order valence-corrected chi connectivity index (χ4v) is 1.73. The van der Waals surface area contributed by atoms with Crippen LogP contribution < -0.4 is 5.32 Å². The van der Waals surface area contributed by atoms with E-state index in [1.165, 1.54) is 11.9 Å². The normalized spacial score (nSPS) is 14.4. The average molecular weight is 240 g/mol. The van der Waals surface area contributed by atoms with E-state index in [1.807, 2.05) is 6.92 Å². The summed E-state index contributed by atoms with van der Waals surface area (Å²) in [5, 5.41) is 3.31. The van der Waals surface area contributed by atoms with E-state index in [4.69, 9.17) is 0 Å². The summed E-state index contributed by atoms with van der Waals surface area (Å²) in [5.41, 5.74) is 0. The second-order valence-corrected chi connectivity index (χ2v) is 4.16. The maximum atomic E-state index is 12.0. The molecule has 5 heteroatoms. The number of nitrogens with zero attached hydrogens (tertiary/aromatic N) is 1. The van der Waals surface area contributed by atoms with Gasteiger partial charge < -0.3 is 5.32 Å². The summed E-state index contributed by atoms with van der Waals surface area (Å²) >= 11 is 0. The lowest BCUT2D eigenvalue weighted by Crippen LogP contribution is -2.33. The number of halogens is 3. The smallest absolute Gasteiger partial charge is 0.314 e. The van der Waals surface area contributed by atoms with Crippen molar-refractivity contribution in [1.82, 2.24) is 10.2 Å². The van der Waals surface area contributed by atoms with Gasteiger partial charge in [0.05, 0.1) is 6.54 Å². The van der Waals surface area contributed by atoms with Gasteiger partial charge in [-0.25, -0.2) is 0 Å². The van der Waals surface area contributed by atoms with Gasteiger partial charge in [-0.2, -0.15) is 13.2 Å². The molecule has 0 aliphatic heterocycles. The van der Waals surface area contributed by atoms with E-state index in [9.17, 15) is 13.2 Å². The third-order valence-electron chi connectivity index (χ3n) is 2.53. The third-order valence-corrected chi connectivity index (χ3v) is 2.53. The number of alkyl halides is 3. The van der Waals surface area contributed by atoms with Crippen molar-refractivity contribution in [3.8, 4) is 0 Å². The highest BCUT2D eigenvalue weighted by atomic mass is 19.4. The van der Waals surface area contributed by atoms with E-state index in [1.54, 1.807) is 0 Å². The van der Waals surface area contributed by atoms with Crippen LogP contribution in [0.4, 0.5) is 13.2 Å². The van der Waals surface area contributed by atoms with Crippen LogP contribution in [0.2, 0.25) is 0 Å². The van der Waals surface area contributed by atoms with Crippen LogP contribution in [0.3, 0.4) is 0 Å². The Morgan fingerprint density at radius 3 is 2.31 bits per heavy atom. The molecule has 1 atom stereocenters. The first-order chi connectivity index (χ1) is 7.39. The van der Waals surface area contributed by atoms with E-state index < -0.39 is 12.7 Å². The number of nitrogens with one attached hydrogen (secondary N) is 1. The molecular formula is C11H23F3N2. The van der Waals surface area contributed by atoms with Crippen molar-refractivity contribution in [1.29, 1.82) is 0 Å². The maximum Gasteiger partial charge on any atom is 0.401 e. The molecule has 0 spiro atoms. The van der Waals surface area contributed by atoms with Crippen LogP contribution in [0.15, 0.2) is 0 Å². The van der Waals surface area contributed by atoms with Crippen molar-refractivity contribution in [2.24, 2.45) is 0 Å². The largest absolute Gasteiger partial charge is 0.401 e. The Morgan fingerprint density at radius 1 is 1.25 bits per heavy atom. The van der Waals surface area contributed by atoms with Gasteiger partial charge in [0.25, 0.3) is 0 Å². The monoisotopic (exact) mass is 240 g/mol. The summed E-state index contributed by atoms with van der Waals surface area (Å²) in [6.07, 6.45) is -1.32. The number of hydrogen-bond donors (Lipinski definition) is 1. The first-order valence-electron chi connectivity index (χ1n) is 5.87. The van der Waals surface area contributed by atoms with Gasteiger partial charge in [-0.15, -0.1) is 0 Å². The van der Waals surface area contributed by atoms with Crippen LogP contribution in [0.5, 0.6) is 0 Å². The molecule has 1 N–H and O–H groups in total. The van der Waals surface area contributed by atoms with Gasteiger partial charge in [0.15, 0.2) is 0 Å². The standard InChI is InChI=1S/C11H23F3N2/c1-4-10(15-5-2)7-6-8-16(3)9-11(12,13)14/h10,15H,4-9H2,1-3H3. The quantitative estimate of drug-likeness (QED) is 0.701. The predicted octanol–water partition coefficient (Wildman–Crippen LogP) is 2.65. The predicted molar refractivity (Wildman–Crippen MR) is 60.5 cm³/mol. The molecule has 1 unspecified atom stereocenters. The molecule has 0 heterocycles. The number of rotatable bonds is 8. The summed E-state index contributed by atoms with van der Waals surface area (Å²) < 4.78 is 36.1. The zero-order valence-corrected chi connectivity index (χ0v) is 10.4. The van der Waals surface area contributed by atoms with Crippen molar-refractivity contribution >= 4 is 0 Å². The Morgan fingerprint density at radius 2 is 1.88 bits per heavy atom. The van der Waals surface area contributed by atoms with Crippen molar-refractivity contribution in [2.45, 2.75) is 45.3 Å². The Bertz CT molecular complexity index is 171. The van der Waals surface area contributed by atoms with Crippen molar-refractivity contribution in [2.75, 3.05) is 26.7 Å². The molecule has 0 aliphatic rings. The maximum absolute atomic E-state index is 12.0. The molecular weight excluding hydrogens is 217 g/mol. The van der Waals surface area contributed by atoms with Gasteiger partial charge in [-0.1, -0.05) is 13.8 Å². The Balaban J connectivity index is 3.63. The van der Waals surface area contributed by atoms with Gasteiger partial charge in [0.1, 0.15) is 0 Å². The zero-order chi connectivity index (χ0) is 12.6. The summed E-state index contributed by atoms with van der Waals surface area (Å²) in [6, 6.07) is 0.435. The molecule has 0 saturated heterocycles. The lowest BCUT2D eigenvalue weighted by Gasteiger charge is -2.20. The molecule has 0 aromatic rings. The Hall–Kier alpha value is -0.290. The van der Waals surface area contributed by atoms with Crippen LogP contribution in [-0.4, -0.2) is 43.8 Å². The fourth-order valence-electron chi connectivity index (χ4n) is 1.73. The van der Waals surface area contributed by atoms with E-state index in [0.29, 0.717) is 12.6 Å². The SMILES string of the molecule is CCNC(CC)CCCN(C)CC(F)(F)F. The Kier molecular flexibility index (Phi) is 7.76. The van der Waals surface area contributed by atoms with Crippen LogP contribution in [0.25, 0.3) is 0 Å². The Labute approximate surface area is 96.2 Å². The summed E-state index contributed by atoms with van der Waals surface area (Å²) in [4.78, 5) is 1.33. The molecule has 0 aliphatic carbocycles. The zero-order valence-electron chi connectivity index (χ0n) is 10.4. The lowest BCUT2D eigenvalue weighted by atomic mass is 10.1. The minimum absolute atomic E-state index is 0.435. The molecule has 0 aromatic heterocycles. The van der Waals surface area contributed by atoms with E-state index in [0.717, 1.165) is 25.8 Å². The molecule has 16 heavy (non-hydrogen) atoms. The minimum atomic E-state index is -4.08. The third kappa shape index (κ3) is 8.97. The van der Waals surface area contributed by atoms with E-state index >= 15 is 0 Å². The van der Waals surface area contributed by atoms with Crippen molar-refractivity contribution in [3.05, 3.63) is 0 Å². The lowest BCUT2D eigenvalue weighted by molar-refractivity contribution is -0.143. The van der Waals surface area contributed by atoms with Gasteiger partial charge in [-0.05, 0) is 39.4 Å². The van der Waals surface area contributed by atoms with Gasteiger partial charge in [0, 0.05) is 6.04 Å². The van der Waals surface area contributed by atoms with E-state index in [-0.39, 0.29) is 0 Å². The summed E-state index contributed by atoms with van der Waals surface area (Å²) in [7, 11) is 1.52. The highest BCUT2D eigenvalue weighted by Gasteiger charge is 2.28. The van der Waals surface area contributed by atoms with Gasteiger partial charge >= 0.3 is 6.18 Å². The van der Waals surface area contributed by atoms with Gasteiger partial charge in [0.2, 0.25) is 0 Å². The molecule has 0 aromatic carbocycles. The van der Waals surface area contributed by atoms with Crippen LogP contribution >= 0.6 is 0 Å². The second kappa shape index (κ2) is 7.90. The fraction of sp³-hybridized carbons (Fsp3) is 1.00. The molecule has 0 radical (unpaired) electrons. The molecule has 0 fully saturated rings. The van der Waals surface area contributed by atoms with E-state index in [2.05, 4.69) is 12.2 Å². The van der Waals surface area contributed by atoms with Crippen molar-refractivity contribution < 1.29 is 13.2 Å². The molecule has 98 valence electrons. The average Bonchev–Trinajstić information content (AvgIpc) is 2.13. The van der Waals surface area contributed by atoms with Gasteiger partial charge in [-0.3, -0.25) is 4.90 Å². The molecule has 0 saturated carbocycles. The first kappa shape index (κ1) is 15.7. The molecule has 0 bridgehead atoms. The van der Waals surface area contributed by atoms with Crippen molar-refractivity contribution in [3.63, 3.8) is 0 Å².